The first kappa shape index (κ1) is 54.1. The number of hydrogen-bond acceptors (Lipinski definition) is 11. The van der Waals surface area contributed by atoms with Crippen molar-refractivity contribution in [1.82, 2.24) is 29.2 Å². The van der Waals surface area contributed by atoms with Crippen LogP contribution in [0, 0.1) is 0 Å². The topological polar surface area (TPSA) is 300 Å². The fraction of sp³-hybridized carbons (Fsp3) is 0.474. The maximum atomic E-state index is 11.6. The van der Waals surface area contributed by atoms with Crippen molar-refractivity contribution in [2.75, 3.05) is 62.0 Å². The Labute approximate surface area is 345 Å². The van der Waals surface area contributed by atoms with E-state index in [2.05, 4.69) is 29.2 Å². The largest absolute Gasteiger partial charge is 0.481 e. The van der Waals surface area contributed by atoms with E-state index in [4.69, 9.17) is 25.5 Å². The van der Waals surface area contributed by atoms with Gasteiger partial charge in [0.2, 0.25) is 20.0 Å². The van der Waals surface area contributed by atoms with Crippen LogP contribution in [0.3, 0.4) is 0 Å². The van der Waals surface area contributed by atoms with Crippen LogP contribution in [0.15, 0.2) is 48.8 Å². The number of hydrogen-bond donors (Lipinski definition) is 9. The molecule has 0 unspecified atom stereocenters. The summed E-state index contributed by atoms with van der Waals surface area (Å²) in [7, 11) is 4.58. The average Bonchev–Trinajstić information content (AvgIpc) is 3.75. The number of aliphatic carboxylic acids is 4. The van der Waals surface area contributed by atoms with Gasteiger partial charge in [0, 0.05) is 53.9 Å². The van der Waals surface area contributed by atoms with Crippen LogP contribution >= 0.6 is 0 Å². The molecular weight excluding hydrogens is 813 g/mol. The number of fused-ring (bicyclic) bond motifs is 2. The predicted octanol–water partition coefficient (Wildman–Crippen LogP) is 2.51. The van der Waals surface area contributed by atoms with E-state index in [1.54, 1.807) is 6.92 Å². The lowest BCUT2D eigenvalue weighted by atomic mass is 10.1. The van der Waals surface area contributed by atoms with Crippen LogP contribution in [-0.2, 0) is 63.6 Å². The van der Waals surface area contributed by atoms with Crippen molar-refractivity contribution in [1.29, 1.82) is 0 Å². The summed E-state index contributed by atoms with van der Waals surface area (Å²) in [6.07, 6.45) is 4.70. The molecule has 2 aromatic heterocycles. The SMILES string of the molecule is CCO.CNS(=O)(=O)Cc1ccc2[nH]cc(CCN(C)C)c2c1.CNS(=O)(=O)Cc1ccc2[nH]cc(CCN(C)C)c2c1.O=C(O)CCC(=O)O.O=C(O)CCC(=O)O. The summed E-state index contributed by atoms with van der Waals surface area (Å²) in [6, 6.07) is 11.5. The Hall–Kier alpha value is -4.90. The minimum absolute atomic E-state index is 0.0116. The highest BCUT2D eigenvalue weighted by Crippen LogP contribution is 2.23. The molecule has 0 atom stereocenters. The molecule has 2 heterocycles. The number of carboxylic acids is 4. The fourth-order valence-electron chi connectivity index (χ4n) is 4.74. The van der Waals surface area contributed by atoms with E-state index in [1.165, 1.54) is 25.2 Å². The number of sulfonamides is 2. The van der Waals surface area contributed by atoms with Crippen LogP contribution in [0.5, 0.6) is 0 Å². The normalized spacial score (nSPS) is 11.0. The van der Waals surface area contributed by atoms with Gasteiger partial charge in [-0.2, -0.15) is 0 Å². The quantitative estimate of drug-likeness (QED) is 0.0694. The molecule has 0 spiro atoms. The van der Waals surface area contributed by atoms with E-state index in [1.807, 2.05) is 77.0 Å². The molecule has 0 radical (unpaired) electrons. The molecule has 332 valence electrons. The second-order valence-corrected chi connectivity index (χ2v) is 17.2. The van der Waals surface area contributed by atoms with E-state index in [0.717, 1.165) is 58.9 Å². The molecule has 0 fully saturated rings. The second kappa shape index (κ2) is 27.7. The summed E-state index contributed by atoms with van der Waals surface area (Å²) in [5.74, 6) is -4.28. The first-order valence-corrected chi connectivity index (χ1v) is 21.6. The van der Waals surface area contributed by atoms with Crippen molar-refractivity contribution in [3.05, 3.63) is 71.0 Å². The molecule has 0 bridgehead atoms. The van der Waals surface area contributed by atoms with Crippen molar-refractivity contribution in [2.24, 2.45) is 0 Å². The van der Waals surface area contributed by atoms with Gasteiger partial charge < -0.3 is 45.3 Å². The number of aromatic nitrogens is 2. The first-order chi connectivity index (χ1) is 27.5. The molecule has 2 aromatic carbocycles. The third-order valence-corrected chi connectivity index (χ3v) is 10.4. The van der Waals surface area contributed by atoms with Gasteiger partial charge in [0.25, 0.3) is 0 Å². The van der Waals surface area contributed by atoms with Gasteiger partial charge >= 0.3 is 23.9 Å². The van der Waals surface area contributed by atoms with Crippen LogP contribution in [0.2, 0.25) is 0 Å². The van der Waals surface area contributed by atoms with E-state index in [9.17, 15) is 36.0 Å². The van der Waals surface area contributed by atoms with E-state index >= 15 is 0 Å². The van der Waals surface area contributed by atoms with Crippen molar-refractivity contribution in [2.45, 2.75) is 57.0 Å². The van der Waals surface area contributed by atoms with Gasteiger partial charge in [-0.3, -0.25) is 19.2 Å². The number of H-pyrrole nitrogens is 2. The van der Waals surface area contributed by atoms with Crippen molar-refractivity contribution in [3.63, 3.8) is 0 Å². The number of carboxylic acid groups (broad SMARTS) is 4. The zero-order valence-corrected chi connectivity index (χ0v) is 36.2. The summed E-state index contributed by atoms with van der Waals surface area (Å²) in [5.41, 5.74) is 6.14. The predicted molar refractivity (Wildman–Crippen MR) is 226 cm³/mol. The number of nitrogens with one attached hydrogen (secondary N) is 4. The number of carbonyl (C=O) groups is 4. The van der Waals surface area contributed by atoms with Gasteiger partial charge in [0.1, 0.15) is 0 Å². The van der Waals surface area contributed by atoms with Gasteiger partial charge in [-0.1, -0.05) is 12.1 Å². The molecule has 59 heavy (non-hydrogen) atoms. The van der Waals surface area contributed by atoms with E-state index < -0.39 is 43.9 Å². The summed E-state index contributed by atoms with van der Waals surface area (Å²) < 4.78 is 51.2. The van der Waals surface area contributed by atoms with Gasteiger partial charge in [0.15, 0.2) is 0 Å². The highest BCUT2D eigenvalue weighted by Gasteiger charge is 2.13. The van der Waals surface area contributed by atoms with Crippen LogP contribution in [0.1, 0.15) is 54.9 Å². The molecule has 0 aliphatic carbocycles. The van der Waals surface area contributed by atoms with E-state index in [0.29, 0.717) is 0 Å². The minimum atomic E-state index is -3.23. The Morgan fingerprint density at radius 2 is 0.881 bits per heavy atom. The Kier molecular flexibility index (Phi) is 25.4. The highest BCUT2D eigenvalue weighted by molar-refractivity contribution is 7.88. The lowest BCUT2D eigenvalue weighted by molar-refractivity contribution is -0.143. The lowest BCUT2D eigenvalue weighted by Crippen LogP contribution is -2.20. The third-order valence-electron chi connectivity index (χ3n) is 7.76. The Morgan fingerprint density at radius 3 is 1.12 bits per heavy atom. The highest BCUT2D eigenvalue weighted by atomic mass is 32.2. The molecule has 0 amide bonds. The Balaban J connectivity index is 0.000000805. The molecule has 4 rings (SSSR count). The van der Waals surface area contributed by atoms with Crippen LogP contribution in [0.4, 0.5) is 0 Å². The molecule has 9 N–H and O–H groups in total. The maximum Gasteiger partial charge on any atom is 0.303 e. The monoisotopic (exact) mass is 872 g/mol. The average molecular weight is 873 g/mol. The number of benzene rings is 2. The fourth-order valence-corrected chi connectivity index (χ4v) is 6.27. The zero-order valence-electron chi connectivity index (χ0n) is 34.6. The molecule has 0 aliphatic rings. The zero-order chi connectivity index (χ0) is 45.3. The smallest absolute Gasteiger partial charge is 0.303 e. The van der Waals surface area contributed by atoms with Crippen molar-refractivity contribution < 1.29 is 61.5 Å². The number of nitrogens with zero attached hydrogens (tertiary/aromatic N) is 2. The number of rotatable bonds is 18. The number of aliphatic hydroxyl groups excluding tert-OH is 1. The minimum Gasteiger partial charge on any atom is -0.481 e. The summed E-state index contributed by atoms with van der Waals surface area (Å²) in [6.45, 7) is 3.86. The summed E-state index contributed by atoms with van der Waals surface area (Å²) in [4.78, 5) is 49.3. The van der Waals surface area contributed by atoms with Gasteiger partial charge in [-0.25, -0.2) is 26.3 Å². The third kappa shape index (κ3) is 24.6. The maximum absolute atomic E-state index is 11.6. The summed E-state index contributed by atoms with van der Waals surface area (Å²) in [5, 5.41) is 41.4. The van der Waals surface area contributed by atoms with Crippen LogP contribution in [-0.4, -0.2) is 148 Å². The first-order valence-electron chi connectivity index (χ1n) is 18.3. The number of aliphatic hydroxyl groups is 1. The summed E-state index contributed by atoms with van der Waals surface area (Å²) >= 11 is 0. The molecule has 21 heteroatoms. The van der Waals surface area contributed by atoms with Crippen LogP contribution in [0.25, 0.3) is 21.8 Å². The molecule has 0 saturated heterocycles. The number of aromatic amines is 2. The number of likely N-dealkylation sites (N-methyl/N-ethyl adjacent to an activating group) is 2. The van der Waals surface area contributed by atoms with Crippen molar-refractivity contribution in [3.8, 4) is 0 Å². The van der Waals surface area contributed by atoms with Gasteiger partial charge in [-0.05, 0) is 109 Å². The van der Waals surface area contributed by atoms with E-state index in [-0.39, 0.29) is 43.8 Å². The Bertz CT molecular complexity index is 1950. The van der Waals surface area contributed by atoms with Gasteiger partial charge in [0.05, 0.1) is 37.2 Å². The van der Waals surface area contributed by atoms with Gasteiger partial charge in [-0.15, -0.1) is 0 Å². The molecule has 19 nitrogen and oxygen atoms in total. The van der Waals surface area contributed by atoms with Crippen LogP contribution < -0.4 is 9.44 Å². The van der Waals surface area contributed by atoms with Crippen molar-refractivity contribution >= 4 is 65.7 Å². The second-order valence-electron chi connectivity index (χ2n) is 13.3. The molecule has 0 aliphatic heterocycles. The Morgan fingerprint density at radius 1 is 0.593 bits per heavy atom. The molecular formula is C38H60N6O13S2. The molecule has 0 saturated carbocycles. The lowest BCUT2D eigenvalue weighted by Gasteiger charge is -2.08. The standard InChI is InChI=1S/2C14H21N3O2S.2C4H6O4.C2H6O/c2*1-15-20(18,19)10-11-4-5-14-13(8-11)12(9-16-14)6-7-17(2)3;2*5-3(6)1-2-4(7)8;1-2-3/h2*4-5,8-9,15-16H,6-7,10H2,1-3H3;2*1-2H2,(H,5,6)(H,7,8);3H,2H2,1H3. The molecule has 4 aromatic rings.